The second-order valence-corrected chi connectivity index (χ2v) is 5.57. The summed E-state index contributed by atoms with van der Waals surface area (Å²) < 4.78 is 15.8. The van der Waals surface area contributed by atoms with Crippen LogP contribution in [0, 0.1) is 0 Å². The average Bonchev–Trinajstić information content (AvgIpc) is 2.72. The highest BCUT2D eigenvalue weighted by atomic mass is 16.5. The van der Waals surface area contributed by atoms with Crippen molar-refractivity contribution >= 4 is 23.3 Å². The van der Waals surface area contributed by atoms with Crippen LogP contribution in [0.3, 0.4) is 0 Å². The first-order chi connectivity index (χ1) is 13.5. The third-order valence-corrected chi connectivity index (χ3v) is 3.73. The number of nitrogens with one attached hydrogen (secondary N) is 3. The van der Waals surface area contributed by atoms with Gasteiger partial charge in [0.2, 0.25) is 5.75 Å². The quantitative estimate of drug-likeness (QED) is 0.606. The Labute approximate surface area is 163 Å². The van der Waals surface area contributed by atoms with Crippen molar-refractivity contribution in [2.45, 2.75) is 0 Å². The molecule has 148 valence electrons. The summed E-state index contributed by atoms with van der Waals surface area (Å²) in [6, 6.07) is 9.51. The fraction of sp³-hybridized carbons (Fsp3) is 0.200. The smallest absolute Gasteiger partial charge is 0.319 e. The van der Waals surface area contributed by atoms with Crippen molar-refractivity contribution in [2.24, 2.45) is 0 Å². The molecular formula is C20H23N3O5. The molecule has 0 spiro atoms. The molecule has 0 bridgehead atoms. The molecule has 2 aromatic carbocycles. The number of carbonyl (C=O) groups excluding carboxylic acids is 2. The molecule has 8 heteroatoms. The molecule has 0 radical (unpaired) electrons. The predicted octanol–water partition coefficient (Wildman–Crippen LogP) is 3.27. The Hall–Kier alpha value is -3.68. The summed E-state index contributed by atoms with van der Waals surface area (Å²) in [6.07, 6.45) is 1.58. The average molecular weight is 385 g/mol. The maximum Gasteiger partial charge on any atom is 0.319 e. The molecule has 3 amide bonds. The van der Waals surface area contributed by atoms with Crippen LogP contribution in [0.5, 0.6) is 17.2 Å². The van der Waals surface area contributed by atoms with E-state index in [-0.39, 0.29) is 11.9 Å². The molecule has 0 saturated carbocycles. The summed E-state index contributed by atoms with van der Waals surface area (Å²) in [6.45, 7) is 3.90. The van der Waals surface area contributed by atoms with Gasteiger partial charge in [-0.3, -0.25) is 4.79 Å². The van der Waals surface area contributed by atoms with Crippen molar-refractivity contribution in [3.05, 3.63) is 54.6 Å². The Balaban J connectivity index is 2.10. The van der Waals surface area contributed by atoms with Crippen molar-refractivity contribution in [1.82, 2.24) is 5.32 Å². The van der Waals surface area contributed by atoms with E-state index < -0.39 is 0 Å². The van der Waals surface area contributed by atoms with Crippen LogP contribution in [-0.4, -0.2) is 39.8 Å². The molecule has 0 saturated heterocycles. The van der Waals surface area contributed by atoms with Crippen LogP contribution in [0.2, 0.25) is 0 Å². The van der Waals surface area contributed by atoms with E-state index in [1.165, 1.54) is 21.3 Å². The highest BCUT2D eigenvalue weighted by Gasteiger charge is 2.17. The van der Waals surface area contributed by atoms with Crippen LogP contribution in [0.1, 0.15) is 10.4 Å². The number of hydrogen-bond acceptors (Lipinski definition) is 5. The number of carbonyl (C=O) groups is 2. The second kappa shape index (κ2) is 9.86. The summed E-state index contributed by atoms with van der Waals surface area (Å²) in [5.74, 6) is 0.838. The summed E-state index contributed by atoms with van der Waals surface area (Å²) in [7, 11) is 4.46. The van der Waals surface area contributed by atoms with E-state index in [1.54, 1.807) is 42.5 Å². The van der Waals surface area contributed by atoms with Gasteiger partial charge in [0.25, 0.3) is 5.91 Å². The van der Waals surface area contributed by atoms with Gasteiger partial charge in [0, 0.05) is 23.5 Å². The summed E-state index contributed by atoms with van der Waals surface area (Å²) in [5, 5.41) is 8.06. The monoisotopic (exact) mass is 385 g/mol. The molecule has 3 N–H and O–H groups in total. The van der Waals surface area contributed by atoms with Gasteiger partial charge in [0.05, 0.1) is 21.3 Å². The Morgan fingerprint density at radius 1 is 0.929 bits per heavy atom. The third-order valence-electron chi connectivity index (χ3n) is 3.73. The van der Waals surface area contributed by atoms with Crippen LogP contribution in [-0.2, 0) is 0 Å². The van der Waals surface area contributed by atoms with Crippen molar-refractivity contribution in [3.63, 3.8) is 0 Å². The SMILES string of the molecule is C=CCNC(=O)Nc1ccc(NC(=O)c2cc(OC)c(OC)c(OC)c2)cc1. The summed E-state index contributed by atoms with van der Waals surface area (Å²) in [5.41, 5.74) is 1.50. The molecule has 0 aliphatic heterocycles. The first-order valence-electron chi connectivity index (χ1n) is 8.39. The zero-order valence-electron chi connectivity index (χ0n) is 16.0. The molecular weight excluding hydrogens is 362 g/mol. The molecule has 2 aromatic rings. The number of ether oxygens (including phenoxy) is 3. The van der Waals surface area contributed by atoms with Gasteiger partial charge < -0.3 is 30.2 Å². The lowest BCUT2D eigenvalue weighted by atomic mass is 10.1. The Morgan fingerprint density at radius 3 is 1.93 bits per heavy atom. The van der Waals surface area contributed by atoms with Crippen LogP contribution in [0.15, 0.2) is 49.1 Å². The Bertz CT molecular complexity index is 824. The summed E-state index contributed by atoms with van der Waals surface area (Å²) >= 11 is 0. The van der Waals surface area contributed by atoms with E-state index >= 15 is 0 Å². The van der Waals surface area contributed by atoms with Gasteiger partial charge >= 0.3 is 6.03 Å². The van der Waals surface area contributed by atoms with E-state index in [4.69, 9.17) is 14.2 Å². The minimum Gasteiger partial charge on any atom is -0.493 e. The van der Waals surface area contributed by atoms with E-state index in [9.17, 15) is 9.59 Å². The number of hydrogen-bond donors (Lipinski definition) is 3. The van der Waals surface area contributed by atoms with Crippen LogP contribution in [0.25, 0.3) is 0 Å². The zero-order valence-corrected chi connectivity index (χ0v) is 16.0. The molecule has 0 unspecified atom stereocenters. The molecule has 28 heavy (non-hydrogen) atoms. The molecule has 2 rings (SSSR count). The van der Waals surface area contributed by atoms with Crippen LogP contribution in [0.4, 0.5) is 16.2 Å². The minimum atomic E-state index is -0.344. The van der Waals surface area contributed by atoms with Crippen LogP contribution >= 0.6 is 0 Å². The highest BCUT2D eigenvalue weighted by Crippen LogP contribution is 2.38. The largest absolute Gasteiger partial charge is 0.493 e. The maximum absolute atomic E-state index is 12.6. The lowest BCUT2D eigenvalue weighted by Gasteiger charge is -2.14. The molecule has 0 fully saturated rings. The van der Waals surface area contributed by atoms with Gasteiger partial charge in [-0.1, -0.05) is 6.08 Å². The molecule has 0 aromatic heterocycles. The van der Waals surface area contributed by atoms with E-state index in [1.807, 2.05) is 0 Å². The van der Waals surface area contributed by atoms with Crippen molar-refractivity contribution in [1.29, 1.82) is 0 Å². The fourth-order valence-electron chi connectivity index (χ4n) is 2.39. The molecule has 0 heterocycles. The minimum absolute atomic E-state index is 0.339. The zero-order chi connectivity index (χ0) is 20.5. The molecule has 0 aliphatic rings. The van der Waals surface area contributed by atoms with E-state index in [0.717, 1.165) is 0 Å². The van der Waals surface area contributed by atoms with E-state index in [0.29, 0.717) is 40.7 Å². The van der Waals surface area contributed by atoms with Gasteiger partial charge in [-0.25, -0.2) is 4.79 Å². The lowest BCUT2D eigenvalue weighted by molar-refractivity contribution is 0.102. The van der Waals surface area contributed by atoms with Gasteiger partial charge in [0.1, 0.15) is 0 Å². The van der Waals surface area contributed by atoms with Gasteiger partial charge in [-0.15, -0.1) is 6.58 Å². The van der Waals surface area contributed by atoms with E-state index in [2.05, 4.69) is 22.5 Å². The Morgan fingerprint density at radius 2 is 1.46 bits per heavy atom. The number of benzene rings is 2. The number of methoxy groups -OCH3 is 3. The molecule has 0 atom stereocenters. The summed E-state index contributed by atoms with van der Waals surface area (Å²) in [4.78, 5) is 24.2. The highest BCUT2D eigenvalue weighted by molar-refractivity contribution is 6.05. The lowest BCUT2D eigenvalue weighted by Crippen LogP contribution is -2.28. The standard InChI is InChI=1S/C20H23N3O5/c1-5-10-21-20(25)23-15-8-6-14(7-9-15)22-19(24)13-11-16(26-2)18(28-4)17(12-13)27-3/h5-9,11-12H,1,10H2,2-4H3,(H,22,24)(H2,21,23,25). The maximum atomic E-state index is 12.6. The topological polar surface area (TPSA) is 97.9 Å². The van der Waals surface area contributed by atoms with Crippen molar-refractivity contribution in [3.8, 4) is 17.2 Å². The van der Waals surface area contributed by atoms with Gasteiger partial charge in [-0.2, -0.15) is 0 Å². The predicted molar refractivity (Wildman–Crippen MR) is 108 cm³/mol. The number of urea groups is 1. The Kier molecular flexibility index (Phi) is 7.27. The normalized spacial score (nSPS) is 9.82. The van der Waals surface area contributed by atoms with Crippen molar-refractivity contribution in [2.75, 3.05) is 38.5 Å². The van der Waals surface area contributed by atoms with Gasteiger partial charge in [0.15, 0.2) is 11.5 Å². The number of amides is 3. The number of anilines is 2. The van der Waals surface area contributed by atoms with Crippen LogP contribution < -0.4 is 30.2 Å². The van der Waals surface area contributed by atoms with Gasteiger partial charge in [-0.05, 0) is 36.4 Å². The van der Waals surface area contributed by atoms with Crippen molar-refractivity contribution < 1.29 is 23.8 Å². The molecule has 0 aliphatic carbocycles. The second-order valence-electron chi connectivity index (χ2n) is 5.57. The molecule has 8 nitrogen and oxygen atoms in total. The number of rotatable bonds is 8. The third kappa shape index (κ3) is 5.16. The first-order valence-corrected chi connectivity index (χ1v) is 8.39. The first kappa shape index (κ1) is 20.6. The fourth-order valence-corrected chi connectivity index (χ4v) is 2.39.